The van der Waals surface area contributed by atoms with Gasteiger partial charge in [0.2, 0.25) is 0 Å². The SMILES string of the molecule is CCc1ccc(-c2ccccc2SNC)c(CO)c1. The van der Waals surface area contributed by atoms with Crippen LogP contribution in [0.1, 0.15) is 18.1 Å². The summed E-state index contributed by atoms with van der Waals surface area (Å²) in [5.74, 6) is 0. The summed E-state index contributed by atoms with van der Waals surface area (Å²) in [7, 11) is 1.91. The zero-order chi connectivity index (χ0) is 13.7. The minimum absolute atomic E-state index is 0.0712. The molecule has 0 radical (unpaired) electrons. The molecule has 0 heterocycles. The fraction of sp³-hybridized carbons (Fsp3) is 0.250. The summed E-state index contributed by atoms with van der Waals surface area (Å²) in [4.78, 5) is 1.17. The number of aliphatic hydroxyl groups excluding tert-OH is 1. The van der Waals surface area contributed by atoms with Gasteiger partial charge in [-0.15, -0.1) is 0 Å². The lowest BCUT2D eigenvalue weighted by Crippen LogP contribution is -1.96. The van der Waals surface area contributed by atoms with Crippen molar-refractivity contribution in [1.29, 1.82) is 0 Å². The van der Waals surface area contributed by atoms with Crippen molar-refractivity contribution in [2.45, 2.75) is 24.8 Å². The zero-order valence-electron chi connectivity index (χ0n) is 11.3. The van der Waals surface area contributed by atoms with E-state index in [1.165, 1.54) is 10.5 Å². The molecule has 0 aliphatic carbocycles. The van der Waals surface area contributed by atoms with Crippen molar-refractivity contribution in [2.24, 2.45) is 0 Å². The maximum absolute atomic E-state index is 9.60. The molecule has 0 aliphatic heterocycles. The molecule has 0 amide bonds. The third-order valence-corrected chi connectivity index (χ3v) is 3.92. The average Bonchev–Trinajstić information content (AvgIpc) is 2.47. The van der Waals surface area contributed by atoms with E-state index in [1.807, 2.05) is 19.2 Å². The first kappa shape index (κ1) is 14.1. The molecule has 2 N–H and O–H groups in total. The molecule has 2 rings (SSSR count). The van der Waals surface area contributed by atoms with E-state index in [-0.39, 0.29) is 6.61 Å². The Morgan fingerprint density at radius 3 is 2.58 bits per heavy atom. The number of benzene rings is 2. The summed E-state index contributed by atoms with van der Waals surface area (Å²) in [6.45, 7) is 2.20. The normalized spacial score (nSPS) is 10.7. The highest BCUT2D eigenvalue weighted by molar-refractivity contribution is 7.97. The van der Waals surface area contributed by atoms with Crippen LogP contribution in [-0.4, -0.2) is 12.2 Å². The summed E-state index contributed by atoms with van der Waals surface area (Å²) in [6.07, 6.45) is 0.986. The molecule has 0 aromatic heterocycles. The highest BCUT2D eigenvalue weighted by Gasteiger charge is 2.09. The van der Waals surface area contributed by atoms with Gasteiger partial charge in [-0.1, -0.05) is 43.3 Å². The summed E-state index contributed by atoms with van der Waals surface area (Å²) < 4.78 is 3.11. The van der Waals surface area contributed by atoms with Crippen LogP contribution in [0.3, 0.4) is 0 Å². The largest absolute Gasteiger partial charge is 0.392 e. The van der Waals surface area contributed by atoms with Crippen molar-refractivity contribution in [3.63, 3.8) is 0 Å². The van der Waals surface area contributed by atoms with Gasteiger partial charge < -0.3 is 5.11 Å². The van der Waals surface area contributed by atoms with Crippen LogP contribution in [0.2, 0.25) is 0 Å². The van der Waals surface area contributed by atoms with Gasteiger partial charge in [-0.25, -0.2) is 0 Å². The molecule has 0 unspecified atom stereocenters. The van der Waals surface area contributed by atoms with Gasteiger partial charge in [0.1, 0.15) is 0 Å². The maximum Gasteiger partial charge on any atom is 0.0687 e. The van der Waals surface area contributed by atoms with Crippen LogP contribution in [0.25, 0.3) is 11.1 Å². The number of hydrogen-bond donors (Lipinski definition) is 2. The van der Waals surface area contributed by atoms with E-state index >= 15 is 0 Å². The number of rotatable bonds is 5. The van der Waals surface area contributed by atoms with Gasteiger partial charge in [-0.3, -0.25) is 4.72 Å². The monoisotopic (exact) mass is 273 g/mol. The standard InChI is InChI=1S/C16H19NOS/c1-3-12-8-9-14(13(10-12)11-18)15-6-4-5-7-16(15)19-17-2/h4-10,17-18H,3,11H2,1-2H3. The minimum atomic E-state index is 0.0712. The fourth-order valence-corrected chi connectivity index (χ4v) is 2.80. The Bertz CT molecular complexity index is 554. The molecule has 0 aliphatic rings. The second kappa shape index (κ2) is 6.75. The van der Waals surface area contributed by atoms with E-state index in [2.05, 4.69) is 42.0 Å². The van der Waals surface area contributed by atoms with Gasteiger partial charge in [0.05, 0.1) is 6.61 Å². The van der Waals surface area contributed by atoms with E-state index < -0.39 is 0 Å². The molecule has 0 saturated carbocycles. The van der Waals surface area contributed by atoms with Crippen LogP contribution in [0, 0.1) is 0 Å². The highest BCUT2D eigenvalue weighted by Crippen LogP contribution is 2.32. The Labute approximate surface area is 119 Å². The predicted octanol–water partition coefficient (Wildman–Crippen LogP) is 3.63. The molecule has 3 heteroatoms. The number of aliphatic hydroxyl groups is 1. The van der Waals surface area contributed by atoms with Gasteiger partial charge in [0, 0.05) is 4.90 Å². The van der Waals surface area contributed by atoms with E-state index in [0.717, 1.165) is 23.1 Å². The van der Waals surface area contributed by atoms with E-state index in [0.29, 0.717) is 0 Å². The van der Waals surface area contributed by atoms with Crippen molar-refractivity contribution >= 4 is 11.9 Å². The lowest BCUT2D eigenvalue weighted by Gasteiger charge is -2.13. The second-order valence-corrected chi connectivity index (χ2v) is 5.36. The predicted molar refractivity (Wildman–Crippen MR) is 82.1 cm³/mol. The Morgan fingerprint density at radius 1 is 1.11 bits per heavy atom. The Morgan fingerprint density at radius 2 is 1.89 bits per heavy atom. The second-order valence-electron chi connectivity index (χ2n) is 4.31. The Kier molecular flexibility index (Phi) is 5.02. The fourth-order valence-electron chi connectivity index (χ4n) is 2.15. The van der Waals surface area contributed by atoms with Crippen LogP contribution in [-0.2, 0) is 13.0 Å². The van der Waals surface area contributed by atoms with Gasteiger partial charge in [0.25, 0.3) is 0 Å². The summed E-state index contributed by atoms with van der Waals surface area (Å²) in [6, 6.07) is 14.6. The van der Waals surface area contributed by atoms with Crippen molar-refractivity contribution in [1.82, 2.24) is 4.72 Å². The third-order valence-electron chi connectivity index (χ3n) is 3.14. The van der Waals surface area contributed by atoms with Gasteiger partial charge in [0.15, 0.2) is 0 Å². The molecule has 0 saturated heterocycles. The number of hydrogen-bond acceptors (Lipinski definition) is 3. The van der Waals surface area contributed by atoms with Gasteiger partial charge >= 0.3 is 0 Å². The van der Waals surface area contributed by atoms with Crippen molar-refractivity contribution in [3.05, 3.63) is 53.6 Å². The summed E-state index contributed by atoms with van der Waals surface area (Å²) in [5, 5.41) is 9.60. The molecule has 100 valence electrons. The zero-order valence-corrected chi connectivity index (χ0v) is 12.1. The summed E-state index contributed by atoms with van der Waals surface area (Å²) >= 11 is 1.59. The van der Waals surface area contributed by atoms with Crippen molar-refractivity contribution in [3.8, 4) is 11.1 Å². The van der Waals surface area contributed by atoms with Crippen LogP contribution >= 0.6 is 11.9 Å². The number of nitrogens with one attached hydrogen (secondary N) is 1. The van der Waals surface area contributed by atoms with Crippen LogP contribution in [0.5, 0.6) is 0 Å². The molecule has 0 spiro atoms. The molecule has 2 aromatic rings. The first-order chi connectivity index (χ1) is 9.30. The maximum atomic E-state index is 9.60. The van der Waals surface area contributed by atoms with Crippen molar-refractivity contribution in [2.75, 3.05) is 7.05 Å². The smallest absolute Gasteiger partial charge is 0.0687 e. The van der Waals surface area contributed by atoms with Crippen LogP contribution in [0.15, 0.2) is 47.4 Å². The first-order valence-corrected chi connectivity index (χ1v) is 7.27. The van der Waals surface area contributed by atoms with E-state index in [1.54, 1.807) is 11.9 Å². The Balaban J connectivity index is 2.52. The molecular formula is C16H19NOS. The Hall–Kier alpha value is -1.29. The molecule has 0 fully saturated rings. The third kappa shape index (κ3) is 3.18. The minimum Gasteiger partial charge on any atom is -0.392 e. The average molecular weight is 273 g/mol. The van der Waals surface area contributed by atoms with Gasteiger partial charge in [-0.2, -0.15) is 0 Å². The molecule has 0 atom stereocenters. The quantitative estimate of drug-likeness (QED) is 0.816. The molecular weight excluding hydrogens is 254 g/mol. The van der Waals surface area contributed by atoms with E-state index in [9.17, 15) is 5.11 Å². The number of aryl methyl sites for hydroxylation is 1. The molecule has 0 bridgehead atoms. The molecule has 2 nitrogen and oxygen atoms in total. The van der Waals surface area contributed by atoms with E-state index in [4.69, 9.17) is 0 Å². The lowest BCUT2D eigenvalue weighted by atomic mass is 9.97. The molecule has 2 aromatic carbocycles. The van der Waals surface area contributed by atoms with Crippen LogP contribution in [0.4, 0.5) is 0 Å². The van der Waals surface area contributed by atoms with Crippen LogP contribution < -0.4 is 4.72 Å². The molecule has 19 heavy (non-hydrogen) atoms. The van der Waals surface area contributed by atoms with Crippen molar-refractivity contribution < 1.29 is 5.11 Å². The first-order valence-electron chi connectivity index (χ1n) is 6.45. The highest BCUT2D eigenvalue weighted by atomic mass is 32.2. The summed E-state index contributed by atoms with van der Waals surface area (Å²) in [5.41, 5.74) is 4.52. The topological polar surface area (TPSA) is 32.3 Å². The lowest BCUT2D eigenvalue weighted by molar-refractivity contribution is 0.282. The van der Waals surface area contributed by atoms with Gasteiger partial charge in [-0.05, 0) is 53.7 Å².